The zero-order valence-corrected chi connectivity index (χ0v) is 13.7. The molecular weight excluding hydrogens is 308 g/mol. The average Bonchev–Trinajstić information content (AvgIpc) is 2.84. The lowest BCUT2D eigenvalue weighted by molar-refractivity contribution is 0.402. The second-order valence-electron chi connectivity index (χ2n) is 4.70. The normalized spacial score (nSPS) is 13.1. The van der Waals surface area contributed by atoms with Crippen molar-refractivity contribution < 1.29 is 13.2 Å². The number of hydrogen-bond acceptors (Lipinski definition) is 5. The van der Waals surface area contributed by atoms with E-state index >= 15 is 0 Å². The molecule has 0 fully saturated rings. The van der Waals surface area contributed by atoms with Crippen molar-refractivity contribution in [1.29, 1.82) is 0 Å². The molecular formula is C14H18N2O3S2. The van der Waals surface area contributed by atoms with Gasteiger partial charge in [-0.15, -0.1) is 11.3 Å². The van der Waals surface area contributed by atoms with Crippen LogP contribution in [0.2, 0.25) is 0 Å². The van der Waals surface area contributed by atoms with Crippen molar-refractivity contribution in [1.82, 2.24) is 4.72 Å². The molecule has 2 aromatic rings. The van der Waals surface area contributed by atoms with Gasteiger partial charge in [0, 0.05) is 21.5 Å². The fourth-order valence-corrected chi connectivity index (χ4v) is 4.27. The molecule has 1 aromatic heterocycles. The summed E-state index contributed by atoms with van der Waals surface area (Å²) in [4.78, 5) is 2.19. The Morgan fingerprint density at radius 3 is 2.57 bits per heavy atom. The van der Waals surface area contributed by atoms with Crippen LogP contribution in [-0.4, -0.2) is 15.5 Å². The minimum Gasteiger partial charge on any atom is -0.495 e. The lowest BCUT2D eigenvalue weighted by atomic mass is 10.3. The Morgan fingerprint density at radius 2 is 2.00 bits per heavy atom. The van der Waals surface area contributed by atoms with Gasteiger partial charge in [0.25, 0.3) is 0 Å². The molecule has 1 atom stereocenters. The van der Waals surface area contributed by atoms with E-state index < -0.39 is 10.0 Å². The number of methoxy groups -OCH3 is 1. The molecule has 7 heteroatoms. The van der Waals surface area contributed by atoms with Crippen molar-refractivity contribution in [3.63, 3.8) is 0 Å². The maximum Gasteiger partial charge on any atom is 0.244 e. The summed E-state index contributed by atoms with van der Waals surface area (Å²) in [7, 11) is -2.27. The van der Waals surface area contributed by atoms with Crippen molar-refractivity contribution in [2.75, 3.05) is 12.8 Å². The van der Waals surface area contributed by atoms with Gasteiger partial charge in [0.2, 0.25) is 10.0 Å². The summed E-state index contributed by atoms with van der Waals surface area (Å²) in [6.07, 6.45) is 0. The third-order valence-corrected chi connectivity index (χ3v) is 5.76. The van der Waals surface area contributed by atoms with Crippen LogP contribution in [0, 0.1) is 6.92 Å². The highest BCUT2D eigenvalue weighted by molar-refractivity contribution is 7.89. The van der Waals surface area contributed by atoms with E-state index in [4.69, 9.17) is 10.5 Å². The third kappa shape index (κ3) is 3.55. The lowest BCUT2D eigenvalue weighted by Gasteiger charge is -2.15. The Hall–Kier alpha value is -1.57. The van der Waals surface area contributed by atoms with Gasteiger partial charge in [-0.25, -0.2) is 13.1 Å². The summed E-state index contributed by atoms with van der Waals surface area (Å²) in [6, 6.07) is 8.06. The number of hydrogen-bond donors (Lipinski definition) is 2. The average molecular weight is 326 g/mol. The molecule has 0 aliphatic rings. The van der Waals surface area contributed by atoms with Crippen molar-refractivity contribution >= 4 is 27.0 Å². The van der Waals surface area contributed by atoms with Crippen LogP contribution < -0.4 is 15.2 Å². The van der Waals surface area contributed by atoms with Crippen LogP contribution in [0.5, 0.6) is 5.75 Å². The van der Waals surface area contributed by atoms with E-state index in [9.17, 15) is 8.42 Å². The van der Waals surface area contributed by atoms with Gasteiger partial charge in [-0.05, 0) is 38.1 Å². The highest BCUT2D eigenvalue weighted by Gasteiger charge is 2.23. The summed E-state index contributed by atoms with van der Waals surface area (Å²) in [5, 5.41) is 0. The van der Waals surface area contributed by atoms with Crippen LogP contribution in [0.1, 0.15) is 22.7 Å². The first-order chi connectivity index (χ1) is 9.83. The van der Waals surface area contributed by atoms with E-state index in [0.29, 0.717) is 5.69 Å². The highest BCUT2D eigenvalue weighted by atomic mass is 32.2. The highest BCUT2D eigenvalue weighted by Crippen LogP contribution is 2.29. The largest absolute Gasteiger partial charge is 0.495 e. The fraction of sp³-hybridized carbons (Fsp3) is 0.286. The maximum absolute atomic E-state index is 12.5. The standard InChI is InChI=1S/C14H18N2O3S2/c1-9-4-6-13(20-9)10(2)16-21(17,18)14-7-5-11(15)8-12(14)19-3/h4-8,10,16H,15H2,1-3H3. The molecule has 3 N–H and O–H groups in total. The number of rotatable bonds is 5. The Kier molecular flexibility index (Phi) is 4.55. The summed E-state index contributed by atoms with van der Waals surface area (Å²) in [5.74, 6) is 0.233. The smallest absolute Gasteiger partial charge is 0.244 e. The number of benzene rings is 1. The molecule has 5 nitrogen and oxygen atoms in total. The monoisotopic (exact) mass is 326 g/mol. The molecule has 2 rings (SSSR count). The van der Waals surface area contributed by atoms with Crippen LogP contribution in [0.4, 0.5) is 5.69 Å². The predicted molar refractivity (Wildman–Crippen MR) is 85.2 cm³/mol. The Labute approximate surface area is 128 Å². The van der Waals surface area contributed by atoms with Crippen LogP contribution in [0.15, 0.2) is 35.2 Å². The summed E-state index contributed by atoms with van der Waals surface area (Å²) in [5.41, 5.74) is 6.10. The first-order valence-electron chi connectivity index (χ1n) is 6.35. The molecule has 0 amide bonds. The van der Waals surface area contributed by atoms with E-state index in [2.05, 4.69) is 4.72 Å². The maximum atomic E-state index is 12.5. The lowest BCUT2D eigenvalue weighted by Crippen LogP contribution is -2.26. The van der Waals surface area contributed by atoms with Crippen LogP contribution >= 0.6 is 11.3 Å². The molecule has 21 heavy (non-hydrogen) atoms. The number of sulfonamides is 1. The zero-order chi connectivity index (χ0) is 15.6. The van der Waals surface area contributed by atoms with E-state index in [1.54, 1.807) is 11.3 Å². The third-order valence-electron chi connectivity index (χ3n) is 3.00. The Morgan fingerprint density at radius 1 is 1.29 bits per heavy atom. The number of nitrogens with one attached hydrogen (secondary N) is 1. The molecule has 0 aliphatic carbocycles. The van der Waals surface area contributed by atoms with Gasteiger partial charge in [0.05, 0.1) is 13.2 Å². The number of thiophene rings is 1. The molecule has 0 spiro atoms. The summed E-state index contributed by atoms with van der Waals surface area (Å²) in [6.45, 7) is 3.80. The molecule has 0 aliphatic heterocycles. The van der Waals surface area contributed by atoms with E-state index in [0.717, 1.165) is 9.75 Å². The number of nitrogen functional groups attached to an aromatic ring is 1. The van der Waals surface area contributed by atoms with Gasteiger partial charge in [0.15, 0.2) is 0 Å². The van der Waals surface area contributed by atoms with Gasteiger partial charge in [-0.3, -0.25) is 0 Å². The number of ether oxygens (including phenoxy) is 1. The summed E-state index contributed by atoms with van der Waals surface area (Å²) < 4.78 is 32.7. The Balaban J connectivity index is 2.30. The van der Waals surface area contributed by atoms with Crippen LogP contribution in [0.25, 0.3) is 0 Å². The molecule has 0 radical (unpaired) electrons. The van der Waals surface area contributed by atoms with Gasteiger partial charge >= 0.3 is 0 Å². The zero-order valence-electron chi connectivity index (χ0n) is 12.1. The fourth-order valence-electron chi connectivity index (χ4n) is 1.95. The summed E-state index contributed by atoms with van der Waals surface area (Å²) >= 11 is 1.57. The van der Waals surface area contributed by atoms with E-state index in [1.165, 1.54) is 25.3 Å². The quantitative estimate of drug-likeness (QED) is 0.828. The molecule has 1 unspecified atom stereocenters. The van der Waals surface area contributed by atoms with Gasteiger partial charge in [-0.1, -0.05) is 0 Å². The van der Waals surface area contributed by atoms with Crippen LogP contribution in [-0.2, 0) is 10.0 Å². The first-order valence-corrected chi connectivity index (χ1v) is 8.65. The second-order valence-corrected chi connectivity index (χ2v) is 7.70. The molecule has 1 aromatic carbocycles. The number of anilines is 1. The van der Waals surface area contributed by atoms with E-state index in [-0.39, 0.29) is 16.7 Å². The Bertz CT molecular complexity index is 738. The number of nitrogens with two attached hydrogens (primary N) is 1. The van der Waals surface area contributed by atoms with Crippen molar-refractivity contribution in [2.45, 2.75) is 24.8 Å². The molecule has 0 bridgehead atoms. The predicted octanol–water partition coefficient (Wildman–Crippen LogP) is 2.69. The SMILES string of the molecule is COc1cc(N)ccc1S(=O)(=O)NC(C)c1ccc(C)s1. The van der Waals surface area contributed by atoms with Gasteiger partial charge in [0.1, 0.15) is 10.6 Å². The topological polar surface area (TPSA) is 81.4 Å². The second kappa shape index (κ2) is 6.05. The minimum atomic E-state index is -3.68. The van der Waals surface area contributed by atoms with Gasteiger partial charge < -0.3 is 10.5 Å². The van der Waals surface area contributed by atoms with E-state index in [1.807, 2.05) is 26.0 Å². The van der Waals surface area contributed by atoms with Crippen molar-refractivity contribution in [3.8, 4) is 5.75 Å². The minimum absolute atomic E-state index is 0.0827. The van der Waals surface area contributed by atoms with Crippen molar-refractivity contribution in [3.05, 3.63) is 40.1 Å². The molecule has 0 saturated carbocycles. The van der Waals surface area contributed by atoms with Crippen molar-refractivity contribution in [2.24, 2.45) is 0 Å². The number of aryl methyl sites for hydroxylation is 1. The first kappa shape index (κ1) is 15.8. The molecule has 114 valence electrons. The van der Waals surface area contributed by atoms with Crippen LogP contribution in [0.3, 0.4) is 0 Å². The molecule has 0 saturated heterocycles. The molecule has 1 heterocycles. The van der Waals surface area contributed by atoms with Gasteiger partial charge in [-0.2, -0.15) is 0 Å².